The normalized spacial score (nSPS) is 13.1. The molecule has 5 aromatic carbocycles. The first-order chi connectivity index (χ1) is 23.7. The van der Waals surface area contributed by atoms with Crippen LogP contribution in [0.5, 0.6) is 23.0 Å². The van der Waals surface area contributed by atoms with Gasteiger partial charge in [0.2, 0.25) is 0 Å². The second kappa shape index (κ2) is 11.0. The fourth-order valence-electron chi connectivity index (χ4n) is 7.26. The van der Waals surface area contributed by atoms with Gasteiger partial charge in [-0.1, -0.05) is 77.1 Å². The van der Waals surface area contributed by atoms with Gasteiger partial charge in [-0.2, -0.15) is 0 Å². The standard InChI is InChI=1S/C43H36BN3O2/c1-26(2)27-19-20-45-35(23-27)28-15-17-37-32(21-28)44-33-22-29(42-46-34-13-9-10-14-36(34)47(42)31-11-7-6-8-12-31)16-18-38(33)49-40-25-30(43(3,4)5)24-39(48-37)41(40)44/h6-26H,1-5H3. The molecule has 0 radical (unpaired) electrons. The highest BCUT2D eigenvalue weighted by Gasteiger charge is 2.41. The molecule has 2 aliphatic rings. The molecule has 0 saturated carbocycles. The summed E-state index contributed by atoms with van der Waals surface area (Å²) in [7, 11) is 0. The van der Waals surface area contributed by atoms with Crippen molar-refractivity contribution in [2.45, 2.75) is 46.0 Å². The highest BCUT2D eigenvalue weighted by molar-refractivity contribution is 6.98. The topological polar surface area (TPSA) is 49.2 Å². The molecule has 0 saturated heterocycles. The number of hydrogen-bond donors (Lipinski definition) is 0. The van der Waals surface area contributed by atoms with Crippen molar-refractivity contribution in [1.29, 1.82) is 0 Å². The number of ether oxygens (including phenoxy) is 2. The number of pyridine rings is 1. The molecule has 5 nitrogen and oxygen atoms in total. The van der Waals surface area contributed by atoms with Gasteiger partial charge in [0.1, 0.15) is 28.8 Å². The van der Waals surface area contributed by atoms with E-state index < -0.39 is 0 Å². The highest BCUT2D eigenvalue weighted by atomic mass is 16.5. The van der Waals surface area contributed by atoms with E-state index in [9.17, 15) is 0 Å². The molecule has 6 heteroatoms. The maximum atomic E-state index is 6.78. The number of aromatic nitrogens is 3. The van der Waals surface area contributed by atoms with Crippen LogP contribution in [0, 0.1) is 0 Å². The first kappa shape index (κ1) is 29.5. The van der Waals surface area contributed by atoms with Crippen LogP contribution in [-0.4, -0.2) is 21.2 Å². The van der Waals surface area contributed by atoms with Gasteiger partial charge in [-0.05, 0) is 112 Å². The predicted octanol–water partition coefficient (Wildman–Crippen LogP) is 8.90. The van der Waals surface area contributed by atoms with E-state index in [-0.39, 0.29) is 12.1 Å². The molecule has 0 aliphatic carbocycles. The van der Waals surface area contributed by atoms with E-state index in [1.54, 1.807) is 0 Å². The summed E-state index contributed by atoms with van der Waals surface area (Å²) in [6, 6.07) is 40.5. The highest BCUT2D eigenvalue weighted by Crippen LogP contribution is 2.40. The van der Waals surface area contributed by atoms with Crippen LogP contribution in [-0.2, 0) is 5.41 Å². The van der Waals surface area contributed by atoms with Crippen LogP contribution < -0.4 is 25.9 Å². The fraction of sp³-hybridized carbons (Fsp3) is 0.163. The Morgan fingerprint density at radius 3 is 2.02 bits per heavy atom. The summed E-state index contributed by atoms with van der Waals surface area (Å²) in [5, 5.41) is 0. The monoisotopic (exact) mass is 637 g/mol. The summed E-state index contributed by atoms with van der Waals surface area (Å²) in [6.07, 6.45) is 1.91. The molecule has 4 heterocycles. The zero-order chi connectivity index (χ0) is 33.4. The van der Waals surface area contributed by atoms with Gasteiger partial charge < -0.3 is 9.47 Å². The van der Waals surface area contributed by atoms with Crippen molar-refractivity contribution >= 4 is 34.1 Å². The van der Waals surface area contributed by atoms with Gasteiger partial charge in [-0.3, -0.25) is 9.55 Å². The lowest BCUT2D eigenvalue weighted by atomic mass is 9.34. The Balaban J connectivity index is 1.26. The molecule has 0 N–H and O–H groups in total. The van der Waals surface area contributed by atoms with Crippen molar-refractivity contribution in [3.8, 4) is 51.3 Å². The Morgan fingerprint density at radius 1 is 0.673 bits per heavy atom. The number of hydrogen-bond acceptors (Lipinski definition) is 4. The van der Waals surface area contributed by atoms with E-state index >= 15 is 0 Å². The van der Waals surface area contributed by atoms with Crippen molar-refractivity contribution in [3.05, 3.63) is 133 Å². The molecule has 0 atom stereocenters. The number of benzene rings is 5. The Bertz CT molecular complexity index is 2410. The molecule has 0 bridgehead atoms. The Kier molecular flexibility index (Phi) is 6.60. The first-order valence-electron chi connectivity index (χ1n) is 17.0. The largest absolute Gasteiger partial charge is 0.458 e. The minimum atomic E-state index is -0.103. The zero-order valence-corrected chi connectivity index (χ0v) is 28.4. The molecule has 49 heavy (non-hydrogen) atoms. The van der Waals surface area contributed by atoms with Gasteiger partial charge in [0.05, 0.1) is 16.7 Å². The summed E-state index contributed by atoms with van der Waals surface area (Å²) in [5.74, 6) is 4.70. The van der Waals surface area contributed by atoms with Gasteiger partial charge >= 0.3 is 0 Å². The first-order valence-corrected chi connectivity index (χ1v) is 17.0. The van der Waals surface area contributed by atoms with E-state index in [4.69, 9.17) is 19.4 Å². The lowest BCUT2D eigenvalue weighted by Gasteiger charge is -2.35. The van der Waals surface area contributed by atoms with Crippen LogP contribution in [0.4, 0.5) is 0 Å². The molecule has 238 valence electrons. The van der Waals surface area contributed by atoms with Crippen molar-refractivity contribution < 1.29 is 9.47 Å². The third-order valence-electron chi connectivity index (χ3n) is 9.92. The second-order valence-electron chi connectivity index (χ2n) is 14.5. The van der Waals surface area contributed by atoms with Crippen LogP contribution in [0.25, 0.3) is 39.4 Å². The van der Waals surface area contributed by atoms with E-state index in [0.717, 1.165) is 78.8 Å². The van der Waals surface area contributed by atoms with Crippen molar-refractivity contribution in [2.24, 2.45) is 0 Å². The summed E-state index contributed by atoms with van der Waals surface area (Å²) < 4.78 is 15.8. The molecule has 7 aromatic rings. The molecule has 9 rings (SSSR count). The van der Waals surface area contributed by atoms with Crippen LogP contribution >= 0.6 is 0 Å². The van der Waals surface area contributed by atoms with E-state index in [0.29, 0.717) is 5.92 Å². The summed E-state index contributed by atoms with van der Waals surface area (Å²) >= 11 is 0. The lowest BCUT2D eigenvalue weighted by molar-refractivity contribution is 0.458. The Labute approximate surface area is 287 Å². The lowest BCUT2D eigenvalue weighted by Crippen LogP contribution is -2.57. The molecule has 2 aromatic heterocycles. The van der Waals surface area contributed by atoms with Crippen LogP contribution in [0.3, 0.4) is 0 Å². The third-order valence-corrected chi connectivity index (χ3v) is 9.92. The number of nitrogens with zero attached hydrogens (tertiary/aromatic N) is 3. The predicted molar refractivity (Wildman–Crippen MR) is 200 cm³/mol. The molecule has 0 unspecified atom stereocenters. The molecule has 2 aliphatic heterocycles. The minimum Gasteiger partial charge on any atom is -0.458 e. The van der Waals surface area contributed by atoms with E-state index in [1.807, 2.05) is 18.3 Å². The number of rotatable bonds is 4. The summed E-state index contributed by atoms with van der Waals surface area (Å²) in [6.45, 7) is 11.0. The van der Waals surface area contributed by atoms with E-state index in [1.165, 1.54) is 11.1 Å². The van der Waals surface area contributed by atoms with E-state index in [2.05, 4.69) is 142 Å². The average molecular weight is 638 g/mol. The fourth-order valence-corrected chi connectivity index (χ4v) is 7.26. The summed E-state index contributed by atoms with van der Waals surface area (Å²) in [5.41, 5.74) is 11.7. The zero-order valence-electron chi connectivity index (χ0n) is 28.4. The van der Waals surface area contributed by atoms with Crippen LogP contribution in [0.2, 0.25) is 0 Å². The van der Waals surface area contributed by atoms with Crippen molar-refractivity contribution in [3.63, 3.8) is 0 Å². The van der Waals surface area contributed by atoms with Crippen LogP contribution in [0.1, 0.15) is 51.7 Å². The molecule has 0 amide bonds. The number of fused-ring (bicyclic) bond motifs is 5. The summed E-state index contributed by atoms with van der Waals surface area (Å²) in [4.78, 5) is 9.97. The average Bonchev–Trinajstić information content (AvgIpc) is 3.51. The molecule has 0 fully saturated rings. The van der Waals surface area contributed by atoms with Crippen molar-refractivity contribution in [2.75, 3.05) is 0 Å². The molecular formula is C43H36BN3O2. The smallest absolute Gasteiger partial charge is 0.260 e. The maximum Gasteiger partial charge on any atom is 0.260 e. The molecular weight excluding hydrogens is 601 g/mol. The quantitative estimate of drug-likeness (QED) is 0.181. The van der Waals surface area contributed by atoms with Gasteiger partial charge in [0.25, 0.3) is 6.71 Å². The third kappa shape index (κ3) is 4.85. The SMILES string of the molecule is CC(C)c1ccnc(-c2ccc3c(c2)B2c4cc(-c5nc6ccccc6n5-c5ccccc5)ccc4Oc4cc(C(C)(C)C)cc(c42)O3)c1. The van der Waals surface area contributed by atoms with Gasteiger partial charge in [0.15, 0.2) is 0 Å². The Morgan fingerprint density at radius 2 is 1.33 bits per heavy atom. The van der Waals surface area contributed by atoms with Crippen molar-refractivity contribution in [1.82, 2.24) is 14.5 Å². The maximum absolute atomic E-state index is 6.78. The Hall–Kier alpha value is -5.62. The number of para-hydroxylation sites is 3. The van der Waals surface area contributed by atoms with Crippen LogP contribution in [0.15, 0.2) is 121 Å². The van der Waals surface area contributed by atoms with Gasteiger partial charge in [-0.15, -0.1) is 0 Å². The van der Waals surface area contributed by atoms with Gasteiger partial charge in [-0.25, -0.2) is 4.98 Å². The number of imidazole rings is 1. The second-order valence-corrected chi connectivity index (χ2v) is 14.5. The molecule has 0 spiro atoms. The van der Waals surface area contributed by atoms with Gasteiger partial charge in [0, 0.05) is 22.9 Å². The minimum absolute atomic E-state index is 0.0777.